The number of halogens is 1. The highest BCUT2D eigenvalue weighted by atomic mass is 35.5. The third-order valence-electron chi connectivity index (χ3n) is 1.51. The van der Waals surface area contributed by atoms with E-state index < -0.39 is 5.91 Å². The van der Waals surface area contributed by atoms with E-state index in [4.69, 9.17) is 22.1 Å². The first-order valence-electron chi connectivity index (χ1n) is 3.87. The van der Waals surface area contributed by atoms with Gasteiger partial charge >= 0.3 is 0 Å². The molecule has 1 aromatic carbocycles. The Labute approximate surface area is 81.4 Å². The average Bonchev–Trinajstić information content (AvgIpc) is 2.08. The largest absolute Gasteiger partial charge is 0.494 e. The predicted octanol–water partition coefficient (Wildman–Crippen LogP) is 1.84. The second-order valence-electron chi connectivity index (χ2n) is 2.44. The summed E-state index contributed by atoms with van der Waals surface area (Å²) in [7, 11) is 0. The van der Waals surface area contributed by atoms with Gasteiger partial charge in [0, 0.05) is 0 Å². The number of benzene rings is 1. The molecule has 0 aromatic heterocycles. The molecule has 1 aromatic rings. The molecule has 0 saturated heterocycles. The second-order valence-corrected chi connectivity index (χ2v) is 2.85. The topological polar surface area (TPSA) is 52.3 Å². The fourth-order valence-corrected chi connectivity index (χ4v) is 1.16. The molecule has 0 spiro atoms. The van der Waals surface area contributed by atoms with E-state index in [9.17, 15) is 4.79 Å². The van der Waals surface area contributed by atoms with Crippen LogP contribution in [0, 0.1) is 0 Å². The molecule has 0 radical (unpaired) electrons. The molecule has 1 amide bonds. The Morgan fingerprint density at radius 2 is 2.31 bits per heavy atom. The van der Waals surface area contributed by atoms with Gasteiger partial charge in [-0.15, -0.1) is 0 Å². The first kappa shape index (κ1) is 9.86. The van der Waals surface area contributed by atoms with Gasteiger partial charge in [-0.2, -0.15) is 0 Å². The van der Waals surface area contributed by atoms with Crippen LogP contribution in [0.25, 0.3) is 0 Å². The number of hydrogen-bond acceptors (Lipinski definition) is 2. The lowest BCUT2D eigenvalue weighted by atomic mass is 10.2. The van der Waals surface area contributed by atoms with E-state index in [1.54, 1.807) is 12.1 Å². The lowest BCUT2D eigenvalue weighted by Crippen LogP contribution is -2.11. The van der Waals surface area contributed by atoms with Gasteiger partial charge in [0.2, 0.25) is 5.91 Å². The smallest absolute Gasteiger partial charge is 0.250 e. The van der Waals surface area contributed by atoms with E-state index in [2.05, 4.69) is 0 Å². The van der Waals surface area contributed by atoms with Crippen LogP contribution >= 0.6 is 11.6 Å². The highest BCUT2D eigenvalue weighted by Gasteiger charge is 2.07. The van der Waals surface area contributed by atoms with Crippen LogP contribution < -0.4 is 10.5 Å². The van der Waals surface area contributed by atoms with Crippen LogP contribution in [0.1, 0.15) is 17.3 Å². The maximum Gasteiger partial charge on any atom is 0.250 e. The number of carbonyl (C=O) groups is 1. The van der Waals surface area contributed by atoms with Gasteiger partial charge in [0.05, 0.1) is 17.2 Å². The first-order valence-corrected chi connectivity index (χ1v) is 4.25. The third-order valence-corrected chi connectivity index (χ3v) is 1.84. The zero-order valence-corrected chi connectivity index (χ0v) is 7.97. The molecule has 3 nitrogen and oxygen atoms in total. The maximum absolute atomic E-state index is 10.9. The fraction of sp³-hybridized carbons (Fsp3) is 0.222. The Morgan fingerprint density at radius 1 is 1.62 bits per heavy atom. The second kappa shape index (κ2) is 4.14. The van der Waals surface area contributed by atoms with Crippen molar-refractivity contribution in [3.63, 3.8) is 0 Å². The third kappa shape index (κ3) is 2.36. The minimum absolute atomic E-state index is 0.285. The summed E-state index contributed by atoms with van der Waals surface area (Å²) < 4.78 is 5.19. The van der Waals surface area contributed by atoms with E-state index >= 15 is 0 Å². The lowest BCUT2D eigenvalue weighted by molar-refractivity contribution is 0.1000. The average molecular weight is 200 g/mol. The standard InChI is InChI=1S/C9H10ClNO2/c1-2-13-6-3-4-8(10)7(5-6)9(11)12/h3-5H,2H2,1H3,(H2,11,12). The Morgan fingerprint density at radius 3 is 2.85 bits per heavy atom. The number of amides is 1. The van der Waals surface area contributed by atoms with Gasteiger partial charge < -0.3 is 10.5 Å². The number of carbonyl (C=O) groups excluding carboxylic acids is 1. The van der Waals surface area contributed by atoms with E-state index in [1.165, 1.54) is 6.07 Å². The van der Waals surface area contributed by atoms with Crippen LogP contribution in [0.2, 0.25) is 5.02 Å². The molecule has 0 saturated carbocycles. The number of primary amides is 1. The van der Waals surface area contributed by atoms with Gasteiger partial charge in [0.1, 0.15) is 5.75 Å². The van der Waals surface area contributed by atoms with Gasteiger partial charge in [-0.05, 0) is 25.1 Å². The first-order chi connectivity index (χ1) is 6.15. The molecule has 0 atom stereocenters. The molecule has 0 unspecified atom stereocenters. The van der Waals surface area contributed by atoms with Crippen molar-refractivity contribution in [3.8, 4) is 5.75 Å². The predicted molar refractivity (Wildman–Crippen MR) is 51.1 cm³/mol. The summed E-state index contributed by atoms with van der Waals surface area (Å²) >= 11 is 5.73. The zero-order chi connectivity index (χ0) is 9.84. The number of rotatable bonds is 3. The van der Waals surface area contributed by atoms with Crippen molar-refractivity contribution in [2.75, 3.05) is 6.61 Å². The number of hydrogen-bond donors (Lipinski definition) is 1. The Kier molecular flexibility index (Phi) is 3.14. The highest BCUT2D eigenvalue weighted by Crippen LogP contribution is 2.21. The van der Waals surface area contributed by atoms with Gasteiger partial charge in [-0.3, -0.25) is 4.79 Å². The van der Waals surface area contributed by atoms with Crippen LogP contribution in [0.3, 0.4) is 0 Å². The summed E-state index contributed by atoms with van der Waals surface area (Å²) in [4.78, 5) is 10.9. The van der Waals surface area contributed by atoms with Crippen molar-refractivity contribution in [3.05, 3.63) is 28.8 Å². The van der Waals surface area contributed by atoms with Gasteiger partial charge in [-0.25, -0.2) is 0 Å². The van der Waals surface area contributed by atoms with Crippen molar-refractivity contribution in [2.45, 2.75) is 6.92 Å². The van der Waals surface area contributed by atoms with Crippen molar-refractivity contribution >= 4 is 17.5 Å². The van der Waals surface area contributed by atoms with E-state index in [1.807, 2.05) is 6.92 Å². The summed E-state index contributed by atoms with van der Waals surface area (Å²) in [5.74, 6) is 0.0484. The van der Waals surface area contributed by atoms with Gasteiger partial charge in [0.15, 0.2) is 0 Å². The van der Waals surface area contributed by atoms with E-state index in [0.29, 0.717) is 17.4 Å². The lowest BCUT2D eigenvalue weighted by Gasteiger charge is -2.05. The Hall–Kier alpha value is -1.22. The normalized spacial score (nSPS) is 9.69. The fourth-order valence-electron chi connectivity index (χ4n) is 0.950. The summed E-state index contributed by atoms with van der Waals surface area (Å²) in [5.41, 5.74) is 5.39. The molecule has 0 aliphatic carbocycles. The van der Waals surface area contributed by atoms with E-state index in [-0.39, 0.29) is 5.56 Å². The number of nitrogens with two attached hydrogens (primary N) is 1. The van der Waals surface area contributed by atoms with Crippen molar-refractivity contribution in [1.29, 1.82) is 0 Å². The summed E-state index contributed by atoms with van der Waals surface area (Å²) in [6.45, 7) is 2.40. The minimum atomic E-state index is -0.549. The molecule has 0 fully saturated rings. The quantitative estimate of drug-likeness (QED) is 0.808. The molecule has 2 N–H and O–H groups in total. The van der Waals surface area contributed by atoms with Crippen LogP contribution in [0.5, 0.6) is 5.75 Å². The summed E-state index contributed by atoms with van der Waals surface area (Å²) in [6, 6.07) is 4.82. The van der Waals surface area contributed by atoms with Crippen LogP contribution in [-0.2, 0) is 0 Å². The molecular weight excluding hydrogens is 190 g/mol. The molecule has 0 heterocycles. The van der Waals surface area contributed by atoms with Crippen molar-refractivity contribution in [1.82, 2.24) is 0 Å². The minimum Gasteiger partial charge on any atom is -0.494 e. The van der Waals surface area contributed by atoms with Crippen molar-refractivity contribution in [2.24, 2.45) is 5.73 Å². The zero-order valence-electron chi connectivity index (χ0n) is 7.21. The molecule has 13 heavy (non-hydrogen) atoms. The van der Waals surface area contributed by atoms with Crippen molar-refractivity contribution < 1.29 is 9.53 Å². The van der Waals surface area contributed by atoms with Gasteiger partial charge in [-0.1, -0.05) is 11.6 Å². The molecule has 70 valence electrons. The molecular formula is C9H10ClNO2. The maximum atomic E-state index is 10.9. The summed E-state index contributed by atoms with van der Waals surface area (Å²) in [5, 5.41) is 0.343. The van der Waals surface area contributed by atoms with E-state index in [0.717, 1.165) is 0 Å². The summed E-state index contributed by atoms with van der Waals surface area (Å²) in [6.07, 6.45) is 0. The van der Waals surface area contributed by atoms with Gasteiger partial charge in [0.25, 0.3) is 0 Å². The molecule has 0 bridgehead atoms. The number of ether oxygens (including phenoxy) is 1. The Bertz CT molecular complexity index is 325. The van der Waals surface area contributed by atoms with Crippen LogP contribution in [0.4, 0.5) is 0 Å². The van der Waals surface area contributed by atoms with Crippen LogP contribution in [-0.4, -0.2) is 12.5 Å². The Balaban J connectivity index is 3.04. The highest BCUT2D eigenvalue weighted by molar-refractivity contribution is 6.33. The molecule has 0 aliphatic heterocycles. The SMILES string of the molecule is CCOc1ccc(Cl)c(C(N)=O)c1. The van der Waals surface area contributed by atoms with Crippen LogP contribution in [0.15, 0.2) is 18.2 Å². The molecule has 4 heteroatoms. The molecule has 1 rings (SSSR count). The monoisotopic (exact) mass is 199 g/mol. The molecule has 0 aliphatic rings.